The number of rotatable bonds is 3. The zero-order valence-electron chi connectivity index (χ0n) is 12.2. The number of carbonyl (C=O) groups excluding carboxylic acids is 1. The van der Waals surface area contributed by atoms with Crippen LogP contribution in [0.15, 0.2) is 18.2 Å². The summed E-state index contributed by atoms with van der Waals surface area (Å²) in [5, 5.41) is 2.84. The predicted octanol–water partition coefficient (Wildman–Crippen LogP) is 3.23. The molecule has 1 aromatic carbocycles. The first-order chi connectivity index (χ1) is 9.45. The number of hydrogen-bond acceptors (Lipinski definition) is 2. The normalized spacial score (nSPS) is 26.3. The summed E-state index contributed by atoms with van der Waals surface area (Å²) in [7, 11) is 0. The van der Waals surface area contributed by atoms with Crippen molar-refractivity contribution in [3.05, 3.63) is 29.6 Å². The monoisotopic (exact) mass is 278 g/mol. The maximum Gasteiger partial charge on any atom is 0.231 e. The number of benzene rings is 1. The molecule has 1 aliphatic carbocycles. The van der Waals surface area contributed by atoms with Gasteiger partial charge in [-0.2, -0.15) is 0 Å². The molecule has 0 bridgehead atoms. The van der Waals surface area contributed by atoms with Gasteiger partial charge in [0.2, 0.25) is 5.91 Å². The van der Waals surface area contributed by atoms with E-state index < -0.39 is 5.41 Å². The van der Waals surface area contributed by atoms with Crippen LogP contribution < -0.4 is 11.1 Å². The van der Waals surface area contributed by atoms with E-state index in [0.29, 0.717) is 18.2 Å². The molecule has 0 saturated heterocycles. The summed E-state index contributed by atoms with van der Waals surface area (Å²) in [5.74, 6) is 0.246. The molecule has 0 heterocycles. The number of nitrogens with one attached hydrogen (secondary N) is 1. The maximum absolute atomic E-state index is 13.4. The molecular weight excluding hydrogens is 255 g/mol. The lowest BCUT2D eigenvalue weighted by Crippen LogP contribution is -2.44. The van der Waals surface area contributed by atoms with Gasteiger partial charge in [0.1, 0.15) is 5.82 Å². The van der Waals surface area contributed by atoms with Gasteiger partial charge in [0.15, 0.2) is 0 Å². The minimum atomic E-state index is -0.493. The summed E-state index contributed by atoms with van der Waals surface area (Å²) in [6.07, 6.45) is 3.66. The summed E-state index contributed by atoms with van der Waals surface area (Å²) in [6.45, 7) is 4.36. The fourth-order valence-corrected chi connectivity index (χ4v) is 2.91. The molecule has 110 valence electrons. The van der Waals surface area contributed by atoms with Crippen molar-refractivity contribution in [3.8, 4) is 0 Å². The zero-order valence-corrected chi connectivity index (χ0v) is 12.2. The summed E-state index contributed by atoms with van der Waals surface area (Å²) in [4.78, 5) is 12.5. The van der Waals surface area contributed by atoms with E-state index in [4.69, 9.17) is 5.73 Å². The van der Waals surface area contributed by atoms with Crippen molar-refractivity contribution in [3.63, 3.8) is 0 Å². The standard InChI is InChI=1S/C16H23FN2O/c1-11-3-5-16(10-18,6-4-11)15(20)19-14-8-12(2)7-13(17)9-14/h7-9,11H,3-6,10,18H2,1-2H3,(H,19,20). The molecule has 1 fully saturated rings. The average Bonchev–Trinajstić information content (AvgIpc) is 2.38. The Kier molecular flexibility index (Phi) is 4.43. The third-order valence-electron chi connectivity index (χ3n) is 4.40. The van der Waals surface area contributed by atoms with Gasteiger partial charge >= 0.3 is 0 Å². The van der Waals surface area contributed by atoms with Gasteiger partial charge < -0.3 is 11.1 Å². The van der Waals surface area contributed by atoms with Crippen LogP contribution in [-0.2, 0) is 4.79 Å². The highest BCUT2D eigenvalue weighted by molar-refractivity contribution is 5.95. The molecule has 0 spiro atoms. The molecule has 20 heavy (non-hydrogen) atoms. The molecule has 0 aromatic heterocycles. The van der Waals surface area contributed by atoms with Crippen LogP contribution in [0.5, 0.6) is 0 Å². The third kappa shape index (κ3) is 3.18. The molecule has 1 aromatic rings. The van der Waals surface area contributed by atoms with E-state index in [1.165, 1.54) is 12.1 Å². The van der Waals surface area contributed by atoms with E-state index in [1.54, 1.807) is 13.0 Å². The van der Waals surface area contributed by atoms with Crippen molar-refractivity contribution in [2.45, 2.75) is 39.5 Å². The third-order valence-corrected chi connectivity index (χ3v) is 4.40. The number of hydrogen-bond donors (Lipinski definition) is 2. The summed E-state index contributed by atoms with van der Waals surface area (Å²) < 4.78 is 13.4. The molecule has 3 N–H and O–H groups in total. The van der Waals surface area contributed by atoms with Crippen molar-refractivity contribution in [2.24, 2.45) is 17.1 Å². The highest BCUT2D eigenvalue weighted by atomic mass is 19.1. The molecule has 1 saturated carbocycles. The molecule has 0 radical (unpaired) electrons. The fourth-order valence-electron chi connectivity index (χ4n) is 2.91. The van der Waals surface area contributed by atoms with Crippen LogP contribution in [0.1, 0.15) is 38.2 Å². The van der Waals surface area contributed by atoms with Gasteiger partial charge in [-0.25, -0.2) is 4.39 Å². The first-order valence-corrected chi connectivity index (χ1v) is 7.24. The van der Waals surface area contributed by atoms with E-state index in [9.17, 15) is 9.18 Å². The van der Waals surface area contributed by atoms with Crippen LogP contribution in [0.25, 0.3) is 0 Å². The smallest absolute Gasteiger partial charge is 0.231 e. The number of aryl methyl sites for hydroxylation is 1. The van der Waals surface area contributed by atoms with Gasteiger partial charge in [-0.05, 0) is 62.3 Å². The molecular formula is C16H23FN2O. The molecule has 2 rings (SSSR count). The molecule has 4 heteroatoms. The Labute approximate surface area is 119 Å². The van der Waals surface area contributed by atoms with Gasteiger partial charge in [-0.15, -0.1) is 0 Å². The van der Waals surface area contributed by atoms with Crippen LogP contribution >= 0.6 is 0 Å². The van der Waals surface area contributed by atoms with Crippen LogP contribution in [0.4, 0.5) is 10.1 Å². The fraction of sp³-hybridized carbons (Fsp3) is 0.562. The quantitative estimate of drug-likeness (QED) is 0.892. The Bertz CT molecular complexity index is 473. The van der Waals surface area contributed by atoms with Gasteiger partial charge in [0, 0.05) is 12.2 Å². The van der Waals surface area contributed by atoms with E-state index >= 15 is 0 Å². The average molecular weight is 278 g/mol. The Morgan fingerprint density at radius 3 is 2.60 bits per heavy atom. The number of halogens is 1. The number of nitrogens with two attached hydrogens (primary N) is 1. The maximum atomic E-state index is 13.4. The summed E-state index contributed by atoms with van der Waals surface area (Å²) >= 11 is 0. The van der Waals surface area contributed by atoms with Crippen molar-refractivity contribution in [2.75, 3.05) is 11.9 Å². The molecule has 1 aliphatic rings. The number of amides is 1. The van der Waals surface area contributed by atoms with Crippen LogP contribution in [0.2, 0.25) is 0 Å². The molecule has 3 nitrogen and oxygen atoms in total. The topological polar surface area (TPSA) is 55.1 Å². The molecule has 1 amide bonds. The minimum absolute atomic E-state index is 0.0723. The molecule has 0 unspecified atom stereocenters. The zero-order chi connectivity index (χ0) is 14.8. The lowest BCUT2D eigenvalue weighted by Gasteiger charge is -2.37. The van der Waals surface area contributed by atoms with E-state index in [2.05, 4.69) is 12.2 Å². The van der Waals surface area contributed by atoms with Gasteiger partial charge in [0.05, 0.1) is 5.41 Å². The Hall–Kier alpha value is -1.42. The number of anilines is 1. The van der Waals surface area contributed by atoms with Gasteiger partial charge in [-0.3, -0.25) is 4.79 Å². The molecule has 0 atom stereocenters. The SMILES string of the molecule is Cc1cc(F)cc(NC(=O)C2(CN)CCC(C)CC2)c1. The van der Waals surface area contributed by atoms with Crippen molar-refractivity contribution >= 4 is 11.6 Å². The van der Waals surface area contributed by atoms with Gasteiger partial charge in [-0.1, -0.05) is 6.92 Å². The van der Waals surface area contributed by atoms with E-state index in [0.717, 1.165) is 31.2 Å². The van der Waals surface area contributed by atoms with Crippen LogP contribution in [0, 0.1) is 24.1 Å². The van der Waals surface area contributed by atoms with E-state index in [-0.39, 0.29) is 11.7 Å². The highest BCUT2D eigenvalue weighted by Gasteiger charge is 2.39. The van der Waals surface area contributed by atoms with Crippen molar-refractivity contribution in [1.29, 1.82) is 0 Å². The lowest BCUT2D eigenvalue weighted by atomic mass is 9.70. The summed E-state index contributed by atoms with van der Waals surface area (Å²) in [6, 6.07) is 4.56. The second-order valence-electron chi connectivity index (χ2n) is 6.14. The largest absolute Gasteiger partial charge is 0.329 e. The Morgan fingerprint density at radius 1 is 1.40 bits per heavy atom. The van der Waals surface area contributed by atoms with E-state index in [1.807, 2.05) is 0 Å². The predicted molar refractivity (Wildman–Crippen MR) is 78.9 cm³/mol. The van der Waals surface area contributed by atoms with Crippen LogP contribution in [0.3, 0.4) is 0 Å². The van der Waals surface area contributed by atoms with Crippen molar-refractivity contribution in [1.82, 2.24) is 0 Å². The number of carbonyl (C=O) groups is 1. The second-order valence-corrected chi connectivity index (χ2v) is 6.14. The summed E-state index contributed by atoms with van der Waals surface area (Å²) in [5.41, 5.74) is 6.67. The Balaban J connectivity index is 2.13. The van der Waals surface area contributed by atoms with Gasteiger partial charge in [0.25, 0.3) is 0 Å². The highest BCUT2D eigenvalue weighted by Crippen LogP contribution is 2.39. The first kappa shape index (κ1) is 15.0. The van der Waals surface area contributed by atoms with Crippen LogP contribution in [-0.4, -0.2) is 12.5 Å². The van der Waals surface area contributed by atoms with Crippen molar-refractivity contribution < 1.29 is 9.18 Å². The minimum Gasteiger partial charge on any atom is -0.329 e. The second kappa shape index (κ2) is 5.92. The lowest BCUT2D eigenvalue weighted by molar-refractivity contribution is -0.127. The molecule has 0 aliphatic heterocycles. The first-order valence-electron chi connectivity index (χ1n) is 7.24. The Morgan fingerprint density at radius 2 is 2.05 bits per heavy atom.